The van der Waals surface area contributed by atoms with Gasteiger partial charge in [-0.25, -0.2) is 0 Å². The van der Waals surface area contributed by atoms with Crippen molar-refractivity contribution in [3.63, 3.8) is 0 Å². The fraction of sp³-hybridized carbons (Fsp3) is 0.438. The first-order chi connectivity index (χ1) is 20.1. The molecule has 1 fully saturated rings. The molecule has 0 radical (unpaired) electrons. The number of benzene rings is 3. The number of nitrogens with zero attached hydrogens (tertiary/aromatic N) is 2. The van der Waals surface area contributed by atoms with Crippen molar-refractivity contribution in [3.8, 4) is 23.0 Å². The van der Waals surface area contributed by atoms with E-state index in [1.165, 1.54) is 0 Å². The molecule has 0 aliphatic carbocycles. The first-order valence-electron chi connectivity index (χ1n) is 14.2. The van der Waals surface area contributed by atoms with Crippen LogP contribution in [0, 0.1) is 11.8 Å². The minimum Gasteiger partial charge on any atom is -0.496 e. The molecule has 0 amide bonds. The Balaban J connectivity index is 1.27. The van der Waals surface area contributed by atoms with Gasteiger partial charge in [0.15, 0.2) is 0 Å². The van der Waals surface area contributed by atoms with Crippen LogP contribution in [-0.2, 0) is 16.1 Å². The van der Waals surface area contributed by atoms with Gasteiger partial charge in [0.25, 0.3) is 0 Å². The minimum absolute atomic E-state index is 0.169. The van der Waals surface area contributed by atoms with Crippen molar-refractivity contribution >= 4 is 5.69 Å². The summed E-state index contributed by atoms with van der Waals surface area (Å²) >= 11 is 0. The van der Waals surface area contributed by atoms with Crippen LogP contribution in [-0.4, -0.2) is 65.8 Å². The Kier molecular flexibility index (Phi) is 9.71. The quantitative estimate of drug-likeness (QED) is 0.231. The molecule has 3 aromatic carbocycles. The molecular weight excluding hydrogens is 522 g/mol. The van der Waals surface area contributed by atoms with E-state index >= 15 is 0 Å². The van der Waals surface area contributed by atoms with Crippen LogP contribution in [0.2, 0.25) is 0 Å². The van der Waals surface area contributed by atoms with Crippen molar-refractivity contribution in [2.24, 2.45) is 5.18 Å². The molecule has 41 heavy (non-hydrogen) atoms. The highest BCUT2D eigenvalue weighted by molar-refractivity contribution is 5.61. The monoisotopic (exact) mass is 561 g/mol. The van der Waals surface area contributed by atoms with Gasteiger partial charge in [-0.15, -0.1) is 0 Å². The Morgan fingerprint density at radius 1 is 1.02 bits per heavy atom. The Bertz CT molecular complexity index is 1300. The molecule has 3 atom stereocenters. The summed E-state index contributed by atoms with van der Waals surface area (Å²) < 4.78 is 29.0. The fourth-order valence-corrected chi connectivity index (χ4v) is 5.63. The molecule has 0 saturated carbocycles. The van der Waals surface area contributed by atoms with E-state index in [4.69, 9.17) is 23.7 Å². The third kappa shape index (κ3) is 6.98. The number of nitrogens with one attached hydrogen (secondary N) is 1. The number of anilines is 1. The second kappa shape index (κ2) is 13.8. The summed E-state index contributed by atoms with van der Waals surface area (Å²) in [6.07, 6.45) is 0.739. The van der Waals surface area contributed by atoms with Crippen LogP contribution in [0.15, 0.2) is 65.8 Å². The van der Waals surface area contributed by atoms with Crippen LogP contribution in [0.4, 0.5) is 5.69 Å². The van der Waals surface area contributed by atoms with Gasteiger partial charge in [0.1, 0.15) is 35.6 Å². The molecule has 218 valence electrons. The molecule has 2 aliphatic heterocycles. The topological polar surface area (TPSA) is 90.9 Å². The highest BCUT2D eigenvalue weighted by Gasteiger charge is 2.36. The molecule has 1 saturated heterocycles. The van der Waals surface area contributed by atoms with E-state index in [0.29, 0.717) is 32.1 Å². The van der Waals surface area contributed by atoms with Gasteiger partial charge in [-0.05, 0) is 72.5 Å². The fourth-order valence-electron chi connectivity index (χ4n) is 5.63. The summed E-state index contributed by atoms with van der Waals surface area (Å²) in [5.74, 6) is 3.00. The zero-order valence-corrected chi connectivity index (χ0v) is 24.0. The average Bonchev–Trinajstić information content (AvgIpc) is 3.00. The molecule has 1 N–H and O–H groups in total. The van der Waals surface area contributed by atoms with Crippen LogP contribution >= 0.6 is 0 Å². The summed E-state index contributed by atoms with van der Waals surface area (Å²) in [6.45, 7) is 6.72. The SMILES string of the molecule is COCCCN1CCOc2ccc(CO[C@H]3CNC[C@@H](N=O)[C@@H]3c3ccc(Oc4ccc(OC)c(C)c4)cc3)cc21. The second-order valence-corrected chi connectivity index (χ2v) is 10.5. The Labute approximate surface area is 241 Å². The molecule has 5 rings (SSSR count). The van der Waals surface area contributed by atoms with E-state index < -0.39 is 6.04 Å². The predicted molar refractivity (Wildman–Crippen MR) is 159 cm³/mol. The standard InChI is InChI=1S/C32H39N3O6/c1-22-17-26(10-12-29(22)38-3)41-25-8-6-24(7-9-25)32-27(34-36)19-33-20-31(32)40-21-23-5-11-30-28(18-23)35(14-16-39-30)13-4-15-37-2/h5-12,17-18,27,31-33H,4,13-16,19-21H2,1-3H3/t27-,31+,32+/m1/s1. The van der Waals surface area contributed by atoms with Gasteiger partial charge in [-0.3, -0.25) is 0 Å². The van der Waals surface area contributed by atoms with Crippen molar-refractivity contribution in [2.75, 3.05) is 58.5 Å². The third-order valence-electron chi connectivity index (χ3n) is 7.74. The van der Waals surface area contributed by atoms with Crippen LogP contribution < -0.4 is 24.4 Å². The number of fused-ring (bicyclic) bond motifs is 1. The van der Waals surface area contributed by atoms with E-state index in [9.17, 15) is 4.91 Å². The molecule has 0 spiro atoms. The maximum atomic E-state index is 11.9. The lowest BCUT2D eigenvalue weighted by Crippen LogP contribution is -2.48. The van der Waals surface area contributed by atoms with Crippen LogP contribution in [0.1, 0.15) is 29.0 Å². The summed E-state index contributed by atoms with van der Waals surface area (Å²) in [4.78, 5) is 14.2. The lowest BCUT2D eigenvalue weighted by atomic mass is 9.84. The maximum Gasteiger partial charge on any atom is 0.142 e. The number of ether oxygens (including phenoxy) is 5. The average molecular weight is 562 g/mol. The number of methoxy groups -OCH3 is 2. The van der Waals surface area contributed by atoms with E-state index in [-0.39, 0.29) is 12.0 Å². The van der Waals surface area contributed by atoms with Crippen LogP contribution in [0.3, 0.4) is 0 Å². The van der Waals surface area contributed by atoms with Crippen LogP contribution in [0.5, 0.6) is 23.0 Å². The molecule has 3 aromatic rings. The molecule has 9 heteroatoms. The molecule has 2 heterocycles. The predicted octanol–water partition coefficient (Wildman–Crippen LogP) is 5.44. The number of rotatable bonds is 12. The van der Waals surface area contributed by atoms with Gasteiger partial charge in [-0.1, -0.05) is 23.4 Å². The van der Waals surface area contributed by atoms with Crippen molar-refractivity contribution in [1.82, 2.24) is 5.32 Å². The third-order valence-corrected chi connectivity index (χ3v) is 7.74. The molecule has 9 nitrogen and oxygen atoms in total. The Morgan fingerprint density at radius 3 is 2.61 bits per heavy atom. The van der Waals surface area contributed by atoms with Gasteiger partial charge in [0.2, 0.25) is 0 Å². The molecule has 0 aromatic heterocycles. The van der Waals surface area contributed by atoms with Gasteiger partial charge in [0.05, 0.1) is 32.1 Å². The number of hydrogen-bond acceptors (Lipinski definition) is 9. The van der Waals surface area contributed by atoms with Gasteiger partial charge in [-0.2, -0.15) is 4.91 Å². The molecule has 2 aliphatic rings. The van der Waals surface area contributed by atoms with Gasteiger partial charge < -0.3 is 33.9 Å². The number of aryl methyl sites for hydroxylation is 1. The van der Waals surface area contributed by atoms with Gasteiger partial charge in [0, 0.05) is 39.3 Å². The van der Waals surface area contributed by atoms with Gasteiger partial charge >= 0.3 is 0 Å². The number of nitroso groups, excluding NO2 is 1. The summed E-state index contributed by atoms with van der Waals surface area (Å²) in [5.41, 5.74) is 4.15. The lowest BCUT2D eigenvalue weighted by Gasteiger charge is -2.36. The van der Waals surface area contributed by atoms with E-state index in [0.717, 1.165) is 65.7 Å². The summed E-state index contributed by atoms with van der Waals surface area (Å²) in [5, 5.41) is 6.78. The summed E-state index contributed by atoms with van der Waals surface area (Å²) in [7, 11) is 3.38. The van der Waals surface area contributed by atoms with Crippen molar-refractivity contribution in [1.29, 1.82) is 0 Å². The minimum atomic E-state index is -0.432. The Morgan fingerprint density at radius 2 is 1.85 bits per heavy atom. The number of hydrogen-bond donors (Lipinski definition) is 1. The highest BCUT2D eigenvalue weighted by Crippen LogP contribution is 2.35. The first kappa shape index (κ1) is 28.9. The molecule has 0 bridgehead atoms. The van der Waals surface area contributed by atoms with E-state index in [1.54, 1.807) is 14.2 Å². The molecular formula is C32H39N3O6. The lowest BCUT2D eigenvalue weighted by molar-refractivity contribution is 0.00539. The van der Waals surface area contributed by atoms with Crippen molar-refractivity contribution in [2.45, 2.75) is 38.0 Å². The second-order valence-electron chi connectivity index (χ2n) is 10.5. The smallest absolute Gasteiger partial charge is 0.142 e. The first-order valence-corrected chi connectivity index (χ1v) is 14.2. The van der Waals surface area contributed by atoms with Crippen molar-refractivity contribution < 1.29 is 23.7 Å². The Hall–Kier alpha value is -3.66. The van der Waals surface area contributed by atoms with Crippen LogP contribution in [0.25, 0.3) is 0 Å². The highest BCUT2D eigenvalue weighted by atomic mass is 16.5. The maximum absolute atomic E-state index is 11.9. The van der Waals surface area contributed by atoms with E-state index in [1.807, 2.05) is 61.5 Å². The van der Waals surface area contributed by atoms with Crippen molar-refractivity contribution in [3.05, 3.63) is 82.3 Å². The largest absolute Gasteiger partial charge is 0.496 e. The summed E-state index contributed by atoms with van der Waals surface area (Å²) in [6, 6.07) is 19.4. The zero-order chi connectivity index (χ0) is 28.6. The molecule has 0 unspecified atom stereocenters. The van der Waals surface area contributed by atoms with E-state index in [2.05, 4.69) is 21.5 Å². The number of piperidine rings is 1. The zero-order valence-electron chi connectivity index (χ0n) is 24.0. The normalized spacial score (nSPS) is 20.2.